The molecule has 0 saturated heterocycles. The Balaban J connectivity index is 2.85. The number of halogens is 1. The maximum absolute atomic E-state index is 10.7. The van der Waals surface area contributed by atoms with E-state index in [0.29, 0.717) is 5.56 Å². The van der Waals surface area contributed by atoms with E-state index in [1.165, 1.54) is 0 Å². The summed E-state index contributed by atoms with van der Waals surface area (Å²) in [6.45, 7) is 0. The summed E-state index contributed by atoms with van der Waals surface area (Å²) in [4.78, 5) is 10.7. The lowest BCUT2D eigenvalue weighted by Gasteiger charge is -2.06. The molecule has 0 saturated carbocycles. The average Bonchev–Trinajstić information content (AvgIpc) is 2.17. The number of benzene rings is 1. The summed E-state index contributed by atoms with van der Waals surface area (Å²) in [6.07, 6.45) is 0. The third kappa shape index (κ3) is 2.44. The molecule has 0 spiro atoms. The molecule has 0 heterocycles. The number of ether oxygens (including phenoxy) is 1. The summed E-state index contributed by atoms with van der Waals surface area (Å²) < 4.78 is 4.95. The Hall–Kier alpha value is -1.06. The third-order valence-corrected chi connectivity index (χ3v) is 1.95. The number of carbonyl (C=O) groups is 1. The summed E-state index contributed by atoms with van der Waals surface area (Å²) in [7, 11) is 1.57. The van der Waals surface area contributed by atoms with Crippen molar-refractivity contribution in [3.8, 4) is 5.75 Å². The Bertz CT molecular complexity index is 297. The molecule has 1 aromatic carbocycles. The molecule has 1 aromatic rings. The molecule has 1 rings (SSSR count). The van der Waals surface area contributed by atoms with Crippen molar-refractivity contribution >= 4 is 16.8 Å². The molecule has 0 radical (unpaired) electrons. The molecule has 0 fully saturated rings. The average molecular weight is 200 g/mol. The Morgan fingerprint density at radius 1 is 1.46 bits per heavy atom. The number of methoxy groups -OCH3 is 1. The molecule has 0 bridgehead atoms. The highest BCUT2D eigenvalue weighted by Gasteiger charge is 2.12. The largest absolute Gasteiger partial charge is 0.497 e. The first kappa shape index (κ1) is 10.0. The van der Waals surface area contributed by atoms with Crippen molar-refractivity contribution in [2.24, 2.45) is 5.73 Å². The van der Waals surface area contributed by atoms with Crippen LogP contribution < -0.4 is 10.5 Å². The highest BCUT2D eigenvalue weighted by atomic mass is 35.5. The van der Waals surface area contributed by atoms with Crippen LogP contribution >= 0.6 is 11.6 Å². The van der Waals surface area contributed by atoms with Gasteiger partial charge in [0.15, 0.2) is 0 Å². The number of hydrogen-bond donors (Lipinski definition) is 1. The fourth-order valence-corrected chi connectivity index (χ4v) is 1.07. The third-order valence-electron chi connectivity index (χ3n) is 1.72. The monoisotopic (exact) mass is 199 g/mol. The normalized spacial score (nSPS) is 12.2. The van der Waals surface area contributed by atoms with Crippen LogP contribution in [-0.4, -0.2) is 12.4 Å². The second kappa shape index (κ2) is 4.25. The van der Waals surface area contributed by atoms with Gasteiger partial charge in [-0.2, -0.15) is 0 Å². The molecule has 13 heavy (non-hydrogen) atoms. The Morgan fingerprint density at radius 3 is 2.38 bits per heavy atom. The van der Waals surface area contributed by atoms with E-state index in [1.54, 1.807) is 31.4 Å². The molecule has 0 aliphatic carbocycles. The molecule has 0 aromatic heterocycles. The topological polar surface area (TPSA) is 52.3 Å². The molecule has 0 amide bonds. The van der Waals surface area contributed by atoms with Crippen LogP contribution in [0.4, 0.5) is 0 Å². The van der Waals surface area contributed by atoms with Crippen molar-refractivity contribution in [1.29, 1.82) is 0 Å². The highest BCUT2D eigenvalue weighted by molar-refractivity contribution is 6.64. The predicted octanol–water partition coefficient (Wildman–Crippen LogP) is 1.46. The van der Waals surface area contributed by atoms with E-state index in [0.717, 1.165) is 5.75 Å². The first-order chi connectivity index (χ1) is 6.15. The van der Waals surface area contributed by atoms with Gasteiger partial charge in [-0.25, -0.2) is 0 Å². The molecule has 0 aliphatic heterocycles. The number of rotatable bonds is 3. The summed E-state index contributed by atoms with van der Waals surface area (Å²) in [5.74, 6) is 0.720. The van der Waals surface area contributed by atoms with E-state index in [9.17, 15) is 4.79 Å². The van der Waals surface area contributed by atoms with Gasteiger partial charge in [0.1, 0.15) is 11.8 Å². The molecule has 1 unspecified atom stereocenters. The van der Waals surface area contributed by atoms with Gasteiger partial charge in [0.25, 0.3) is 0 Å². The molecule has 1 atom stereocenters. The Labute approximate surface area is 81.4 Å². The second-order valence-corrected chi connectivity index (χ2v) is 2.93. The fourth-order valence-electron chi connectivity index (χ4n) is 0.942. The highest BCUT2D eigenvalue weighted by Crippen LogP contribution is 2.17. The molecule has 70 valence electrons. The second-order valence-electron chi connectivity index (χ2n) is 2.55. The van der Waals surface area contributed by atoms with Crippen molar-refractivity contribution in [2.45, 2.75) is 6.04 Å². The lowest BCUT2D eigenvalue weighted by molar-refractivity contribution is -0.112. The Kier molecular flexibility index (Phi) is 3.28. The van der Waals surface area contributed by atoms with E-state index < -0.39 is 11.3 Å². The van der Waals surface area contributed by atoms with Gasteiger partial charge in [-0.3, -0.25) is 4.79 Å². The van der Waals surface area contributed by atoms with Crippen LogP contribution in [0.3, 0.4) is 0 Å². The zero-order chi connectivity index (χ0) is 9.84. The smallest absolute Gasteiger partial charge is 0.242 e. The first-order valence-electron chi connectivity index (χ1n) is 3.74. The number of carbonyl (C=O) groups excluding carboxylic acids is 1. The quantitative estimate of drug-likeness (QED) is 0.750. The SMILES string of the molecule is COc1ccc(C(N)C(=O)Cl)cc1. The molecule has 2 N–H and O–H groups in total. The van der Waals surface area contributed by atoms with Crippen LogP contribution in [0.1, 0.15) is 11.6 Å². The van der Waals surface area contributed by atoms with E-state index in [4.69, 9.17) is 22.1 Å². The van der Waals surface area contributed by atoms with Crippen molar-refractivity contribution in [2.75, 3.05) is 7.11 Å². The van der Waals surface area contributed by atoms with E-state index in [-0.39, 0.29) is 0 Å². The molecule has 0 aliphatic rings. The van der Waals surface area contributed by atoms with Crippen LogP contribution in [0.25, 0.3) is 0 Å². The van der Waals surface area contributed by atoms with Gasteiger partial charge in [-0.05, 0) is 29.3 Å². The van der Waals surface area contributed by atoms with E-state index in [2.05, 4.69) is 0 Å². The summed E-state index contributed by atoms with van der Waals surface area (Å²) in [5, 5.41) is -0.565. The van der Waals surface area contributed by atoms with Gasteiger partial charge >= 0.3 is 0 Å². The fraction of sp³-hybridized carbons (Fsp3) is 0.222. The molecule has 3 nitrogen and oxygen atoms in total. The minimum Gasteiger partial charge on any atom is -0.497 e. The van der Waals surface area contributed by atoms with Crippen molar-refractivity contribution in [3.05, 3.63) is 29.8 Å². The van der Waals surface area contributed by atoms with Crippen molar-refractivity contribution in [1.82, 2.24) is 0 Å². The van der Waals surface area contributed by atoms with E-state index >= 15 is 0 Å². The predicted molar refractivity (Wildman–Crippen MR) is 50.8 cm³/mol. The van der Waals surface area contributed by atoms with Gasteiger partial charge in [0, 0.05) is 0 Å². The minimum absolute atomic E-state index is 0.565. The van der Waals surface area contributed by atoms with Gasteiger partial charge in [-0.15, -0.1) is 0 Å². The van der Waals surface area contributed by atoms with Gasteiger partial charge in [0.05, 0.1) is 7.11 Å². The minimum atomic E-state index is -0.757. The molecule has 4 heteroatoms. The van der Waals surface area contributed by atoms with Crippen LogP contribution in [0.15, 0.2) is 24.3 Å². The summed E-state index contributed by atoms with van der Waals surface area (Å²) in [6, 6.07) is 6.13. The number of hydrogen-bond acceptors (Lipinski definition) is 3. The van der Waals surface area contributed by atoms with Crippen LogP contribution in [0, 0.1) is 0 Å². The zero-order valence-corrected chi connectivity index (χ0v) is 7.91. The van der Waals surface area contributed by atoms with Crippen LogP contribution in [0.2, 0.25) is 0 Å². The van der Waals surface area contributed by atoms with Gasteiger partial charge in [0.2, 0.25) is 5.24 Å². The van der Waals surface area contributed by atoms with E-state index in [1.807, 2.05) is 0 Å². The van der Waals surface area contributed by atoms with Gasteiger partial charge < -0.3 is 10.5 Å². The maximum Gasteiger partial charge on any atom is 0.242 e. The maximum atomic E-state index is 10.7. The van der Waals surface area contributed by atoms with Crippen LogP contribution in [0.5, 0.6) is 5.75 Å². The Morgan fingerprint density at radius 2 is 2.00 bits per heavy atom. The number of nitrogens with two attached hydrogens (primary N) is 1. The lowest BCUT2D eigenvalue weighted by Crippen LogP contribution is -2.16. The van der Waals surface area contributed by atoms with Crippen molar-refractivity contribution in [3.63, 3.8) is 0 Å². The van der Waals surface area contributed by atoms with Crippen molar-refractivity contribution < 1.29 is 9.53 Å². The van der Waals surface area contributed by atoms with Crippen LogP contribution in [-0.2, 0) is 4.79 Å². The first-order valence-corrected chi connectivity index (χ1v) is 4.12. The standard InChI is InChI=1S/C9H10ClNO2/c1-13-7-4-2-6(3-5-7)8(11)9(10)12/h2-5,8H,11H2,1H3. The van der Waals surface area contributed by atoms with Gasteiger partial charge in [-0.1, -0.05) is 12.1 Å². The molecular weight excluding hydrogens is 190 g/mol. The lowest BCUT2D eigenvalue weighted by atomic mass is 10.1. The zero-order valence-electron chi connectivity index (χ0n) is 7.16. The summed E-state index contributed by atoms with van der Waals surface area (Å²) in [5.41, 5.74) is 6.19. The summed E-state index contributed by atoms with van der Waals surface area (Å²) >= 11 is 5.24. The molecular formula is C9H10ClNO2.